The van der Waals surface area contributed by atoms with Crippen LogP contribution in [0.5, 0.6) is 17.2 Å². The Morgan fingerprint density at radius 2 is 1.64 bits per heavy atom. The van der Waals surface area contributed by atoms with Crippen molar-refractivity contribution < 1.29 is 28.5 Å². The van der Waals surface area contributed by atoms with Crippen LogP contribution in [0, 0.1) is 5.92 Å². The summed E-state index contributed by atoms with van der Waals surface area (Å²) in [6.45, 7) is 6.47. The summed E-state index contributed by atoms with van der Waals surface area (Å²) in [6, 6.07) is 3.27. The van der Waals surface area contributed by atoms with E-state index < -0.39 is 6.09 Å². The summed E-state index contributed by atoms with van der Waals surface area (Å²) in [5, 5.41) is 5.65. The molecule has 1 rings (SSSR count). The molecule has 0 aromatic heterocycles. The number of rotatable bonds is 11. The smallest absolute Gasteiger partial charge is 0.407 e. The van der Waals surface area contributed by atoms with Gasteiger partial charge in [-0.05, 0) is 37.0 Å². The highest BCUT2D eigenvalue weighted by Crippen LogP contribution is 2.38. The summed E-state index contributed by atoms with van der Waals surface area (Å²) in [5.74, 6) is 1.65. The van der Waals surface area contributed by atoms with Gasteiger partial charge in [0.1, 0.15) is 0 Å². The van der Waals surface area contributed by atoms with E-state index in [4.69, 9.17) is 18.9 Å². The fourth-order valence-electron chi connectivity index (χ4n) is 2.82. The monoisotopic (exact) mass is 396 g/mol. The van der Waals surface area contributed by atoms with Gasteiger partial charge in [0.15, 0.2) is 11.5 Å². The molecule has 0 aliphatic heterocycles. The van der Waals surface area contributed by atoms with Crippen LogP contribution in [-0.2, 0) is 16.0 Å². The first-order valence-electron chi connectivity index (χ1n) is 9.33. The first kappa shape index (κ1) is 23.4. The number of amides is 2. The van der Waals surface area contributed by atoms with Gasteiger partial charge in [-0.2, -0.15) is 0 Å². The molecule has 0 saturated heterocycles. The highest BCUT2D eigenvalue weighted by Gasteiger charge is 2.18. The number of methoxy groups -OCH3 is 3. The van der Waals surface area contributed by atoms with Crippen molar-refractivity contribution in [3.63, 3.8) is 0 Å². The third-order valence-corrected chi connectivity index (χ3v) is 3.99. The molecule has 1 aromatic carbocycles. The predicted molar refractivity (Wildman–Crippen MR) is 106 cm³/mol. The van der Waals surface area contributed by atoms with Crippen LogP contribution in [-0.4, -0.2) is 52.5 Å². The van der Waals surface area contributed by atoms with Crippen LogP contribution >= 0.6 is 0 Å². The van der Waals surface area contributed by atoms with Crippen molar-refractivity contribution >= 4 is 12.0 Å². The molecule has 158 valence electrons. The topological polar surface area (TPSA) is 95.1 Å². The molecule has 8 nitrogen and oxygen atoms in total. The van der Waals surface area contributed by atoms with E-state index in [2.05, 4.69) is 24.5 Å². The summed E-state index contributed by atoms with van der Waals surface area (Å²) in [5.41, 5.74) is 0.728. The van der Waals surface area contributed by atoms with Gasteiger partial charge in [-0.3, -0.25) is 4.79 Å². The molecular weight excluding hydrogens is 364 g/mol. The number of benzene rings is 1. The quantitative estimate of drug-likeness (QED) is 0.597. The molecule has 0 radical (unpaired) electrons. The predicted octanol–water partition coefficient (Wildman–Crippen LogP) is 2.53. The lowest BCUT2D eigenvalue weighted by Gasteiger charge is -2.21. The van der Waals surface area contributed by atoms with Crippen LogP contribution in [0.3, 0.4) is 0 Å². The minimum atomic E-state index is -0.480. The zero-order valence-corrected chi connectivity index (χ0v) is 17.6. The van der Waals surface area contributed by atoms with Gasteiger partial charge in [0.25, 0.3) is 0 Å². The van der Waals surface area contributed by atoms with Crippen molar-refractivity contribution in [1.29, 1.82) is 0 Å². The molecule has 0 fully saturated rings. The summed E-state index contributed by atoms with van der Waals surface area (Å²) in [4.78, 5) is 24.1. The number of alkyl carbamates (subject to hydrolysis) is 1. The van der Waals surface area contributed by atoms with Crippen molar-refractivity contribution in [2.75, 3.05) is 34.5 Å². The SMILES string of the molecule is CCOC(=O)NC(CNC(=O)Cc1cc(OC)c(OC)c(OC)c1)CC(C)C. The molecule has 0 aliphatic carbocycles. The average molecular weight is 396 g/mol. The molecule has 8 heteroatoms. The molecule has 0 spiro atoms. The second-order valence-electron chi connectivity index (χ2n) is 6.71. The molecule has 0 bridgehead atoms. The largest absolute Gasteiger partial charge is 0.493 e. The minimum Gasteiger partial charge on any atom is -0.493 e. The van der Waals surface area contributed by atoms with Crippen molar-refractivity contribution in [2.24, 2.45) is 5.92 Å². The van der Waals surface area contributed by atoms with Crippen molar-refractivity contribution in [2.45, 2.75) is 39.7 Å². The summed E-state index contributed by atoms with van der Waals surface area (Å²) in [6.07, 6.45) is 0.389. The zero-order valence-electron chi connectivity index (χ0n) is 17.6. The fourth-order valence-corrected chi connectivity index (χ4v) is 2.82. The van der Waals surface area contributed by atoms with E-state index in [-0.39, 0.29) is 18.4 Å². The Morgan fingerprint density at radius 3 is 2.11 bits per heavy atom. The van der Waals surface area contributed by atoms with Gasteiger partial charge in [-0.25, -0.2) is 4.79 Å². The molecule has 1 aromatic rings. The van der Waals surface area contributed by atoms with E-state index in [1.54, 1.807) is 19.1 Å². The van der Waals surface area contributed by atoms with Gasteiger partial charge in [-0.15, -0.1) is 0 Å². The summed E-state index contributed by atoms with van der Waals surface area (Å²) >= 11 is 0. The van der Waals surface area contributed by atoms with Gasteiger partial charge in [-0.1, -0.05) is 13.8 Å². The third-order valence-electron chi connectivity index (χ3n) is 3.99. The van der Waals surface area contributed by atoms with Gasteiger partial charge >= 0.3 is 6.09 Å². The van der Waals surface area contributed by atoms with Gasteiger partial charge in [0.05, 0.1) is 34.4 Å². The molecular formula is C20H32N2O6. The number of carbonyl (C=O) groups excluding carboxylic acids is 2. The Labute approximate surface area is 166 Å². The molecule has 2 N–H and O–H groups in total. The number of carbonyl (C=O) groups is 2. The number of nitrogens with one attached hydrogen (secondary N) is 2. The van der Waals surface area contributed by atoms with Crippen LogP contribution in [0.25, 0.3) is 0 Å². The van der Waals surface area contributed by atoms with E-state index in [0.29, 0.717) is 36.3 Å². The molecule has 28 heavy (non-hydrogen) atoms. The molecule has 0 heterocycles. The Kier molecular flexibility index (Phi) is 9.98. The van der Waals surface area contributed by atoms with Crippen LogP contribution in [0.1, 0.15) is 32.8 Å². The van der Waals surface area contributed by atoms with Crippen LogP contribution in [0.4, 0.5) is 4.79 Å². The maximum absolute atomic E-state index is 12.4. The lowest BCUT2D eigenvalue weighted by atomic mass is 10.0. The first-order chi connectivity index (χ1) is 13.3. The molecule has 0 saturated carbocycles. The van der Waals surface area contributed by atoms with Crippen LogP contribution in [0.2, 0.25) is 0 Å². The zero-order chi connectivity index (χ0) is 21.1. The van der Waals surface area contributed by atoms with E-state index in [0.717, 1.165) is 12.0 Å². The maximum atomic E-state index is 12.4. The Morgan fingerprint density at radius 1 is 1.04 bits per heavy atom. The van der Waals surface area contributed by atoms with E-state index in [1.165, 1.54) is 21.3 Å². The molecule has 2 amide bonds. The van der Waals surface area contributed by atoms with E-state index in [1.807, 2.05) is 0 Å². The lowest BCUT2D eigenvalue weighted by molar-refractivity contribution is -0.120. The second-order valence-corrected chi connectivity index (χ2v) is 6.71. The van der Waals surface area contributed by atoms with E-state index >= 15 is 0 Å². The highest BCUT2D eigenvalue weighted by atomic mass is 16.5. The second kappa shape index (κ2) is 11.9. The Bertz CT molecular complexity index is 623. The number of hydrogen-bond donors (Lipinski definition) is 2. The summed E-state index contributed by atoms with van der Waals surface area (Å²) in [7, 11) is 4.58. The standard InChI is InChI=1S/C20H32N2O6/c1-7-28-20(24)22-15(8-13(2)3)12-21-18(23)11-14-9-16(25-4)19(27-6)17(10-14)26-5/h9-10,13,15H,7-8,11-12H2,1-6H3,(H,21,23)(H,22,24). The Hall–Kier alpha value is -2.64. The first-order valence-corrected chi connectivity index (χ1v) is 9.33. The third kappa shape index (κ3) is 7.54. The van der Waals surface area contributed by atoms with Gasteiger partial charge in [0.2, 0.25) is 11.7 Å². The minimum absolute atomic E-state index is 0.143. The molecule has 1 atom stereocenters. The normalized spacial score (nSPS) is 11.5. The summed E-state index contributed by atoms with van der Waals surface area (Å²) < 4.78 is 20.8. The average Bonchev–Trinajstić information content (AvgIpc) is 2.64. The molecule has 1 unspecified atom stereocenters. The van der Waals surface area contributed by atoms with Gasteiger partial charge < -0.3 is 29.6 Å². The maximum Gasteiger partial charge on any atom is 0.407 e. The molecule has 0 aliphatic rings. The van der Waals surface area contributed by atoms with Gasteiger partial charge in [0, 0.05) is 12.6 Å². The van der Waals surface area contributed by atoms with Crippen LogP contribution in [0.15, 0.2) is 12.1 Å². The Balaban J connectivity index is 2.74. The van der Waals surface area contributed by atoms with Crippen molar-refractivity contribution in [1.82, 2.24) is 10.6 Å². The van der Waals surface area contributed by atoms with Crippen LogP contribution < -0.4 is 24.8 Å². The highest BCUT2D eigenvalue weighted by molar-refractivity contribution is 5.79. The van der Waals surface area contributed by atoms with Crippen molar-refractivity contribution in [3.8, 4) is 17.2 Å². The fraction of sp³-hybridized carbons (Fsp3) is 0.600. The van der Waals surface area contributed by atoms with E-state index in [9.17, 15) is 9.59 Å². The lowest BCUT2D eigenvalue weighted by Crippen LogP contribution is -2.44. The number of hydrogen-bond acceptors (Lipinski definition) is 6. The number of ether oxygens (including phenoxy) is 4. The van der Waals surface area contributed by atoms with Crippen molar-refractivity contribution in [3.05, 3.63) is 17.7 Å².